The lowest BCUT2D eigenvalue weighted by Gasteiger charge is -2.15. The summed E-state index contributed by atoms with van der Waals surface area (Å²) in [5.41, 5.74) is 0. The van der Waals surface area contributed by atoms with Gasteiger partial charge in [0.15, 0.2) is 6.10 Å². The number of unbranched alkanes of at least 4 members (excludes halogenated alkanes) is 16. The van der Waals surface area contributed by atoms with Crippen LogP contribution in [0.5, 0.6) is 0 Å². The summed E-state index contributed by atoms with van der Waals surface area (Å²) >= 11 is 0. The quantitative estimate of drug-likeness (QED) is 0.0317. The molecule has 0 aliphatic rings. The molecule has 0 spiro atoms. The molecular weight excluding hydrogens is 608 g/mol. The average Bonchev–Trinajstić information content (AvgIpc) is 3.10. The monoisotopic (exact) mass is 681 g/mol. The topological polar surface area (TPSA) is 72.8 Å². The Morgan fingerprint density at radius 1 is 0.510 bits per heavy atom. The van der Waals surface area contributed by atoms with E-state index >= 15 is 0 Å². The molecule has 0 aromatic carbocycles. The average molecular weight is 681 g/mol. The summed E-state index contributed by atoms with van der Waals surface area (Å²) in [5, 5.41) is 9.54. The normalized spacial score (nSPS) is 13.1. The van der Waals surface area contributed by atoms with E-state index in [1.165, 1.54) is 83.5 Å². The minimum absolute atomic E-state index is 0.111. The summed E-state index contributed by atoms with van der Waals surface area (Å²) in [6, 6.07) is 0. The van der Waals surface area contributed by atoms with Crippen LogP contribution in [-0.4, -0.2) is 36.4 Å². The van der Waals surface area contributed by atoms with Crippen LogP contribution in [0.4, 0.5) is 0 Å². The maximum atomic E-state index is 12.2. The summed E-state index contributed by atoms with van der Waals surface area (Å²) in [6.07, 6.45) is 53.7. The first kappa shape index (κ1) is 46.1. The van der Waals surface area contributed by atoms with Crippen molar-refractivity contribution < 1.29 is 24.2 Å². The maximum Gasteiger partial charge on any atom is 0.306 e. The molecule has 0 saturated heterocycles. The summed E-state index contributed by atoms with van der Waals surface area (Å²) < 4.78 is 10.5. The predicted octanol–water partition coefficient (Wildman–Crippen LogP) is 12.3. The van der Waals surface area contributed by atoms with Crippen molar-refractivity contribution in [2.24, 2.45) is 0 Å². The Labute approximate surface area is 301 Å². The number of aliphatic hydroxyl groups is 1. The van der Waals surface area contributed by atoms with Gasteiger partial charge in [0.25, 0.3) is 0 Å². The molecule has 0 radical (unpaired) electrons. The number of allylic oxidation sites excluding steroid dienone is 14. The molecule has 0 aromatic rings. The van der Waals surface area contributed by atoms with E-state index in [4.69, 9.17) is 9.47 Å². The van der Waals surface area contributed by atoms with E-state index in [2.05, 4.69) is 44.2 Å². The molecule has 278 valence electrons. The van der Waals surface area contributed by atoms with E-state index in [-0.39, 0.29) is 31.6 Å². The molecule has 1 unspecified atom stereocenters. The SMILES string of the molecule is CC/C=C/C=C/C=C/C=C/C=C/CCCC(=O)OCC(CO)OC(=O)CCCCCCCCC/C=C/C/C=C/CCCCCCCCCC. The summed E-state index contributed by atoms with van der Waals surface area (Å²) in [6.45, 7) is 3.90. The van der Waals surface area contributed by atoms with Crippen molar-refractivity contribution in [1.29, 1.82) is 0 Å². The Kier molecular flexibility index (Phi) is 37.2. The first-order valence-electron chi connectivity index (χ1n) is 19.7. The van der Waals surface area contributed by atoms with Crippen molar-refractivity contribution in [3.05, 3.63) is 85.1 Å². The molecule has 0 amide bonds. The van der Waals surface area contributed by atoms with Crippen molar-refractivity contribution in [3.8, 4) is 0 Å². The molecule has 0 bridgehead atoms. The van der Waals surface area contributed by atoms with Gasteiger partial charge in [0.05, 0.1) is 6.61 Å². The molecule has 0 aliphatic carbocycles. The standard InChI is InChI=1S/C44H72O5/c1-3-5-7-9-11-13-15-17-18-19-20-21-22-23-24-25-27-29-31-33-35-37-39-44(47)49-42(40-45)41-48-43(46)38-36-34-32-30-28-26-16-14-12-10-8-6-4-2/h6,8,10,12,14,16,19-20,22-23,26,28,30,32,42,45H,3-5,7,9,11,13,15,17-18,21,24-25,27,29,31,33-41H2,1-2H3/b8-6+,12-10+,16-14+,20-19+,23-22+,28-26+,32-30+. The van der Waals surface area contributed by atoms with Gasteiger partial charge in [-0.25, -0.2) is 0 Å². The van der Waals surface area contributed by atoms with Gasteiger partial charge in [-0.05, 0) is 57.8 Å². The largest absolute Gasteiger partial charge is 0.462 e. The van der Waals surface area contributed by atoms with Gasteiger partial charge >= 0.3 is 11.9 Å². The molecule has 0 heterocycles. The summed E-state index contributed by atoms with van der Waals surface area (Å²) in [5.74, 6) is -0.694. The zero-order valence-electron chi connectivity index (χ0n) is 31.4. The fraction of sp³-hybridized carbons (Fsp3) is 0.636. The van der Waals surface area contributed by atoms with E-state index in [0.717, 1.165) is 44.9 Å². The second kappa shape index (κ2) is 39.5. The van der Waals surface area contributed by atoms with Gasteiger partial charge in [0.2, 0.25) is 0 Å². The molecule has 0 saturated carbocycles. The first-order chi connectivity index (χ1) is 24.1. The van der Waals surface area contributed by atoms with Crippen LogP contribution in [0.1, 0.15) is 162 Å². The van der Waals surface area contributed by atoms with Crippen molar-refractivity contribution in [1.82, 2.24) is 0 Å². The molecule has 0 aliphatic heterocycles. The van der Waals surface area contributed by atoms with Crippen LogP contribution >= 0.6 is 0 Å². The molecule has 5 nitrogen and oxygen atoms in total. The highest BCUT2D eigenvalue weighted by Crippen LogP contribution is 2.12. The van der Waals surface area contributed by atoms with Crippen LogP contribution in [0.3, 0.4) is 0 Å². The molecular formula is C44H72O5. The minimum atomic E-state index is -0.808. The van der Waals surface area contributed by atoms with Crippen LogP contribution in [0, 0.1) is 0 Å². The Bertz CT molecular complexity index is 952. The first-order valence-corrected chi connectivity index (χ1v) is 19.7. The predicted molar refractivity (Wildman–Crippen MR) is 209 cm³/mol. The Hall–Kier alpha value is -2.92. The number of hydrogen-bond acceptors (Lipinski definition) is 5. The molecule has 1 N–H and O–H groups in total. The Morgan fingerprint density at radius 3 is 1.53 bits per heavy atom. The summed E-state index contributed by atoms with van der Waals surface area (Å²) in [7, 11) is 0. The highest BCUT2D eigenvalue weighted by Gasteiger charge is 2.16. The summed E-state index contributed by atoms with van der Waals surface area (Å²) in [4.78, 5) is 24.2. The Balaban J connectivity index is 3.66. The highest BCUT2D eigenvalue weighted by molar-refractivity contribution is 5.70. The van der Waals surface area contributed by atoms with Gasteiger partial charge < -0.3 is 14.6 Å². The lowest BCUT2D eigenvalue weighted by molar-refractivity contribution is -0.161. The highest BCUT2D eigenvalue weighted by atomic mass is 16.6. The molecule has 1 atom stereocenters. The van der Waals surface area contributed by atoms with E-state index in [0.29, 0.717) is 12.8 Å². The van der Waals surface area contributed by atoms with Gasteiger partial charge in [-0.15, -0.1) is 0 Å². The third-order valence-electron chi connectivity index (χ3n) is 8.05. The fourth-order valence-corrected chi connectivity index (χ4v) is 5.08. The molecule has 0 fully saturated rings. The van der Waals surface area contributed by atoms with Crippen molar-refractivity contribution in [2.45, 2.75) is 168 Å². The van der Waals surface area contributed by atoms with Gasteiger partial charge in [-0.3, -0.25) is 9.59 Å². The number of hydrogen-bond donors (Lipinski definition) is 1. The van der Waals surface area contributed by atoms with Gasteiger partial charge in [0, 0.05) is 12.8 Å². The Morgan fingerprint density at radius 2 is 0.980 bits per heavy atom. The van der Waals surface area contributed by atoms with Gasteiger partial charge in [0.1, 0.15) is 6.61 Å². The van der Waals surface area contributed by atoms with Crippen LogP contribution < -0.4 is 0 Å². The molecule has 5 heteroatoms. The number of carbonyl (C=O) groups excluding carboxylic acids is 2. The van der Waals surface area contributed by atoms with Crippen LogP contribution in [-0.2, 0) is 19.1 Å². The number of rotatable bonds is 34. The van der Waals surface area contributed by atoms with Crippen molar-refractivity contribution >= 4 is 11.9 Å². The maximum absolute atomic E-state index is 12.2. The van der Waals surface area contributed by atoms with Gasteiger partial charge in [-0.2, -0.15) is 0 Å². The fourth-order valence-electron chi connectivity index (χ4n) is 5.08. The van der Waals surface area contributed by atoms with Crippen LogP contribution in [0.25, 0.3) is 0 Å². The molecule has 49 heavy (non-hydrogen) atoms. The molecule has 0 aromatic heterocycles. The number of esters is 2. The van der Waals surface area contributed by atoms with Crippen molar-refractivity contribution in [2.75, 3.05) is 13.2 Å². The minimum Gasteiger partial charge on any atom is -0.462 e. The van der Waals surface area contributed by atoms with E-state index in [9.17, 15) is 14.7 Å². The second-order valence-electron chi connectivity index (χ2n) is 12.7. The van der Waals surface area contributed by atoms with Crippen LogP contribution in [0.2, 0.25) is 0 Å². The van der Waals surface area contributed by atoms with Gasteiger partial charge in [-0.1, -0.05) is 176 Å². The van der Waals surface area contributed by atoms with E-state index < -0.39 is 6.10 Å². The van der Waals surface area contributed by atoms with Crippen molar-refractivity contribution in [3.63, 3.8) is 0 Å². The van der Waals surface area contributed by atoms with E-state index in [1.54, 1.807) is 0 Å². The smallest absolute Gasteiger partial charge is 0.306 e. The third kappa shape index (κ3) is 37.7. The van der Waals surface area contributed by atoms with E-state index in [1.807, 2.05) is 54.7 Å². The lowest BCUT2D eigenvalue weighted by Crippen LogP contribution is -2.28. The zero-order chi connectivity index (χ0) is 35.7. The second-order valence-corrected chi connectivity index (χ2v) is 12.7. The zero-order valence-corrected chi connectivity index (χ0v) is 31.4. The number of ether oxygens (including phenoxy) is 2. The third-order valence-corrected chi connectivity index (χ3v) is 8.05. The number of carbonyl (C=O) groups is 2. The number of aliphatic hydroxyl groups excluding tert-OH is 1. The molecule has 0 rings (SSSR count). The lowest BCUT2D eigenvalue weighted by atomic mass is 10.1. The van der Waals surface area contributed by atoms with Crippen LogP contribution in [0.15, 0.2) is 85.1 Å².